The Morgan fingerprint density at radius 2 is 0.918 bits per heavy atom. The van der Waals surface area contributed by atoms with Crippen LogP contribution >= 0.6 is 0 Å². The van der Waals surface area contributed by atoms with E-state index in [0.29, 0.717) is 23.3 Å². The summed E-state index contributed by atoms with van der Waals surface area (Å²) in [5.74, 6) is 2.23. The van der Waals surface area contributed by atoms with Crippen molar-refractivity contribution in [3.05, 3.63) is 168 Å². The Kier molecular flexibility index (Phi) is 9.09. The summed E-state index contributed by atoms with van der Waals surface area (Å²) in [6.45, 7) is 14.7. The Balaban J connectivity index is 1.14. The molecule has 0 saturated carbocycles. The minimum Gasteiger partial charge on any atom is -0.439 e. The molecule has 5 aromatic carbocycles. The molecule has 2 aromatic heterocycles. The van der Waals surface area contributed by atoms with E-state index >= 15 is 0 Å². The maximum Gasteiger partial charge on any atom is 0.219 e. The number of rotatable bonds is 7. The van der Waals surface area contributed by atoms with E-state index in [0.717, 1.165) is 41.4 Å². The molecule has 10 rings (SSSR count). The van der Waals surface area contributed by atoms with Crippen LogP contribution in [0.4, 0.5) is 34.1 Å². The largest absolute Gasteiger partial charge is 0.439 e. The maximum atomic E-state index is 6.72. The summed E-state index contributed by atoms with van der Waals surface area (Å²) in [7, 11) is 4.32. The molecule has 306 valence electrons. The molecule has 0 fully saturated rings. The first-order valence-corrected chi connectivity index (χ1v) is 21.2. The summed E-state index contributed by atoms with van der Waals surface area (Å²) in [6.07, 6.45) is 3.65. The van der Waals surface area contributed by atoms with Crippen molar-refractivity contribution in [1.29, 1.82) is 0 Å². The summed E-state index contributed by atoms with van der Waals surface area (Å²) in [6, 6.07) is 45.7. The summed E-state index contributed by atoms with van der Waals surface area (Å²) in [5.41, 5.74) is 15.3. The van der Waals surface area contributed by atoms with E-state index in [2.05, 4.69) is 194 Å². The van der Waals surface area contributed by atoms with Gasteiger partial charge in [-0.3, -0.25) is 0 Å². The summed E-state index contributed by atoms with van der Waals surface area (Å²) < 4.78 is 13.4. The van der Waals surface area contributed by atoms with E-state index in [-0.39, 0.29) is 16.7 Å². The van der Waals surface area contributed by atoms with Crippen molar-refractivity contribution in [2.75, 3.05) is 47.0 Å². The van der Waals surface area contributed by atoms with Gasteiger partial charge >= 0.3 is 0 Å². The smallest absolute Gasteiger partial charge is 0.219 e. The molecule has 8 heteroatoms. The molecule has 61 heavy (non-hydrogen) atoms. The van der Waals surface area contributed by atoms with Crippen LogP contribution in [-0.2, 0) is 10.8 Å². The average Bonchev–Trinajstić information content (AvgIpc) is 3.88. The highest BCUT2D eigenvalue weighted by Crippen LogP contribution is 2.53. The summed E-state index contributed by atoms with van der Waals surface area (Å²) >= 11 is 0. The van der Waals surface area contributed by atoms with E-state index in [1.807, 2.05) is 30.6 Å². The zero-order valence-electron chi connectivity index (χ0n) is 36.3. The highest BCUT2D eigenvalue weighted by Gasteiger charge is 2.35. The van der Waals surface area contributed by atoms with Gasteiger partial charge in [0.1, 0.15) is 11.5 Å². The highest BCUT2D eigenvalue weighted by molar-refractivity contribution is 5.89. The van der Waals surface area contributed by atoms with Gasteiger partial charge in [0.25, 0.3) is 0 Å². The lowest BCUT2D eigenvalue weighted by Crippen LogP contribution is -2.24. The first-order chi connectivity index (χ1) is 29.3. The zero-order chi connectivity index (χ0) is 42.2. The monoisotopic (exact) mass is 804 g/mol. The van der Waals surface area contributed by atoms with E-state index in [4.69, 9.17) is 9.47 Å². The third-order valence-corrected chi connectivity index (χ3v) is 12.4. The van der Waals surface area contributed by atoms with Crippen LogP contribution in [0.3, 0.4) is 0 Å². The van der Waals surface area contributed by atoms with E-state index in [1.165, 1.54) is 45.0 Å². The summed E-state index contributed by atoms with van der Waals surface area (Å²) in [4.78, 5) is 18.8. The van der Waals surface area contributed by atoms with Gasteiger partial charge in [-0.15, -0.1) is 0 Å². The molecule has 4 heterocycles. The van der Waals surface area contributed by atoms with Gasteiger partial charge in [-0.25, -0.2) is 9.97 Å². The number of fused-ring (bicyclic) bond motifs is 5. The molecule has 0 saturated heterocycles. The first kappa shape index (κ1) is 38.4. The second-order valence-corrected chi connectivity index (χ2v) is 18.7. The standard InChI is InChI=1S/C53H52N6O2/c1-52(2,3)35-21-23-54-49(27-35)60-39-25-34(26-40(31-39)61-50-28-36(22-24-55-50)53(4,5)6)51-43-29-37(58-32-56(7)45-13-9-11-15-47(45)58)17-19-41(43)42-20-18-38(30-44(42)51)59-33-57(8)46-14-10-12-16-48(46)59/h9-31,51H,32-33H2,1-8H3. The number of aromatic nitrogens is 2. The van der Waals surface area contributed by atoms with E-state index in [1.54, 1.807) is 0 Å². The third-order valence-electron chi connectivity index (χ3n) is 12.4. The molecular formula is C53H52N6O2. The first-order valence-electron chi connectivity index (χ1n) is 21.2. The number of hydrogen-bond acceptors (Lipinski definition) is 8. The second-order valence-electron chi connectivity index (χ2n) is 18.7. The number of para-hydroxylation sites is 4. The van der Waals surface area contributed by atoms with Crippen LogP contribution in [0.25, 0.3) is 11.1 Å². The molecule has 0 unspecified atom stereocenters. The van der Waals surface area contributed by atoms with Crippen molar-refractivity contribution in [2.45, 2.75) is 58.3 Å². The van der Waals surface area contributed by atoms with Crippen LogP contribution in [-0.4, -0.2) is 37.4 Å². The molecule has 3 aliphatic rings. The van der Waals surface area contributed by atoms with Crippen molar-refractivity contribution < 1.29 is 9.47 Å². The second kappa shape index (κ2) is 14.4. The van der Waals surface area contributed by atoms with E-state index < -0.39 is 0 Å². The third kappa shape index (κ3) is 6.99. The Morgan fingerprint density at radius 1 is 0.492 bits per heavy atom. The Labute approximate surface area is 359 Å². The lowest BCUT2D eigenvalue weighted by molar-refractivity contribution is 0.437. The Bertz CT molecular complexity index is 2630. The van der Waals surface area contributed by atoms with Crippen LogP contribution in [0.1, 0.15) is 75.3 Å². The molecule has 2 aliphatic heterocycles. The molecule has 0 radical (unpaired) electrons. The average molecular weight is 805 g/mol. The highest BCUT2D eigenvalue weighted by atomic mass is 16.5. The van der Waals surface area contributed by atoms with Crippen LogP contribution < -0.4 is 29.1 Å². The van der Waals surface area contributed by atoms with Crippen LogP contribution in [0.15, 0.2) is 140 Å². The van der Waals surface area contributed by atoms with Crippen molar-refractivity contribution in [1.82, 2.24) is 9.97 Å². The van der Waals surface area contributed by atoms with Gasteiger partial charge in [-0.05, 0) is 123 Å². The number of hydrogen-bond donors (Lipinski definition) is 0. The van der Waals surface area contributed by atoms with Crippen LogP contribution in [0.2, 0.25) is 0 Å². The fourth-order valence-electron chi connectivity index (χ4n) is 9.12. The number of benzene rings is 5. The maximum absolute atomic E-state index is 6.72. The van der Waals surface area contributed by atoms with Crippen LogP contribution in [0, 0.1) is 0 Å². The normalized spacial score (nSPS) is 14.6. The molecule has 0 N–H and O–H groups in total. The van der Waals surface area contributed by atoms with Gasteiger partial charge in [0.2, 0.25) is 11.8 Å². The van der Waals surface area contributed by atoms with Gasteiger partial charge < -0.3 is 29.1 Å². The fraction of sp³-hybridized carbons (Fsp3) is 0.245. The van der Waals surface area contributed by atoms with Crippen molar-refractivity contribution in [3.63, 3.8) is 0 Å². The van der Waals surface area contributed by atoms with Crippen molar-refractivity contribution in [3.8, 4) is 34.4 Å². The van der Waals surface area contributed by atoms with Gasteiger partial charge in [-0.1, -0.05) is 77.9 Å². The van der Waals surface area contributed by atoms with Crippen LogP contribution in [0.5, 0.6) is 23.3 Å². The quantitative estimate of drug-likeness (QED) is 0.158. The van der Waals surface area contributed by atoms with Gasteiger partial charge in [-0.2, -0.15) is 0 Å². The van der Waals surface area contributed by atoms with Gasteiger partial charge in [0.05, 0.1) is 36.1 Å². The molecular weight excluding hydrogens is 753 g/mol. The Hall–Kier alpha value is -6.80. The minimum atomic E-state index is -0.135. The fourth-order valence-corrected chi connectivity index (χ4v) is 9.12. The zero-order valence-corrected chi connectivity index (χ0v) is 36.3. The SMILES string of the molecule is CN1CN(c2ccc3c(c2)C(c2cc(Oc4cc(C(C)(C)C)ccn4)cc(Oc4cc(C(C)(C)C)ccn4)c2)c2cc(N4CN(C)c5ccccc54)ccc2-3)c2ccccc21. The number of anilines is 6. The lowest BCUT2D eigenvalue weighted by atomic mass is 9.88. The predicted molar refractivity (Wildman–Crippen MR) is 249 cm³/mol. The van der Waals surface area contributed by atoms with Crippen molar-refractivity contribution in [2.24, 2.45) is 0 Å². The minimum absolute atomic E-state index is 0.0666. The van der Waals surface area contributed by atoms with Gasteiger partial charge in [0.15, 0.2) is 0 Å². The number of nitrogens with zero attached hydrogens (tertiary/aromatic N) is 6. The Morgan fingerprint density at radius 3 is 1.34 bits per heavy atom. The van der Waals surface area contributed by atoms with Gasteiger partial charge in [0, 0.05) is 62.0 Å². The molecule has 1 aliphatic carbocycles. The number of ether oxygens (including phenoxy) is 2. The molecule has 0 bridgehead atoms. The lowest BCUT2D eigenvalue weighted by Gasteiger charge is -2.23. The molecule has 7 aromatic rings. The number of pyridine rings is 2. The predicted octanol–water partition coefficient (Wildman–Crippen LogP) is 12.9. The molecule has 8 nitrogen and oxygen atoms in total. The van der Waals surface area contributed by atoms with E-state index in [9.17, 15) is 0 Å². The molecule has 0 atom stereocenters. The summed E-state index contributed by atoms with van der Waals surface area (Å²) in [5, 5.41) is 0. The molecule has 0 amide bonds. The topological polar surface area (TPSA) is 57.2 Å². The van der Waals surface area contributed by atoms with Crippen molar-refractivity contribution >= 4 is 34.1 Å². The molecule has 0 spiro atoms.